The van der Waals surface area contributed by atoms with Crippen LogP contribution in [0.25, 0.3) is 0 Å². The quantitative estimate of drug-likeness (QED) is 0.756. The molecular weight excluding hydrogens is 248 g/mol. The molecule has 0 atom stereocenters. The number of ether oxygens (including phenoxy) is 1. The molecule has 0 radical (unpaired) electrons. The van der Waals surface area contributed by atoms with Gasteiger partial charge in [0.2, 0.25) is 0 Å². The molecule has 2 rings (SSSR count). The number of hydrogen-bond acceptors (Lipinski definition) is 2. The second kappa shape index (κ2) is 5.23. The van der Waals surface area contributed by atoms with Crippen molar-refractivity contribution in [2.24, 2.45) is 0 Å². The first kappa shape index (κ1) is 12.7. The maximum absolute atomic E-state index is 10.8. The van der Waals surface area contributed by atoms with Gasteiger partial charge in [-0.2, -0.15) is 0 Å². The number of carbonyl (C=O) groups excluding carboxylic acids is 1. The van der Waals surface area contributed by atoms with Crippen molar-refractivity contribution in [3.8, 4) is 11.5 Å². The Morgan fingerprint density at radius 1 is 1.06 bits per heavy atom. The van der Waals surface area contributed by atoms with E-state index >= 15 is 0 Å². The Hall–Kier alpha value is -1.80. The lowest BCUT2D eigenvalue weighted by Crippen LogP contribution is -1.91. The summed E-state index contributed by atoms with van der Waals surface area (Å²) < 4.78 is 5.75. The minimum atomic E-state index is 0.561. The third-order valence-electron chi connectivity index (χ3n) is 2.66. The van der Waals surface area contributed by atoms with Crippen LogP contribution in [0.3, 0.4) is 0 Å². The summed E-state index contributed by atoms with van der Waals surface area (Å²) in [6.07, 6.45) is 0.795. The van der Waals surface area contributed by atoms with Crippen LogP contribution in [0.1, 0.15) is 21.5 Å². The fourth-order valence-electron chi connectivity index (χ4n) is 1.61. The van der Waals surface area contributed by atoms with Crippen LogP contribution in [0.2, 0.25) is 5.02 Å². The van der Waals surface area contributed by atoms with Crippen molar-refractivity contribution in [1.82, 2.24) is 0 Å². The molecule has 0 aliphatic rings. The first-order chi connectivity index (χ1) is 8.60. The maximum atomic E-state index is 10.8. The molecule has 0 bridgehead atoms. The normalized spacial score (nSPS) is 10.2. The molecule has 2 nitrogen and oxygen atoms in total. The molecule has 0 amide bonds. The second-order valence-electron chi connectivity index (χ2n) is 4.18. The Morgan fingerprint density at radius 2 is 1.83 bits per heavy atom. The van der Waals surface area contributed by atoms with Crippen LogP contribution in [0, 0.1) is 13.8 Å². The van der Waals surface area contributed by atoms with Gasteiger partial charge in [0.05, 0.1) is 5.02 Å². The Kier molecular flexibility index (Phi) is 3.68. The molecule has 0 fully saturated rings. The molecule has 0 saturated heterocycles. The van der Waals surface area contributed by atoms with Crippen molar-refractivity contribution in [3.05, 3.63) is 58.1 Å². The van der Waals surface area contributed by atoms with Crippen LogP contribution in [0.5, 0.6) is 11.5 Å². The van der Waals surface area contributed by atoms with E-state index in [1.807, 2.05) is 38.1 Å². The second-order valence-corrected chi connectivity index (χ2v) is 4.59. The van der Waals surface area contributed by atoms with Crippen molar-refractivity contribution in [3.63, 3.8) is 0 Å². The number of halogens is 1. The number of rotatable bonds is 3. The van der Waals surface area contributed by atoms with Crippen molar-refractivity contribution >= 4 is 17.9 Å². The predicted octanol–water partition coefficient (Wildman–Crippen LogP) is 4.56. The number of aryl methyl sites for hydroxylation is 2. The van der Waals surface area contributed by atoms with E-state index in [1.165, 1.54) is 0 Å². The van der Waals surface area contributed by atoms with E-state index in [0.29, 0.717) is 22.1 Å². The van der Waals surface area contributed by atoms with Crippen LogP contribution in [-0.2, 0) is 0 Å². The third kappa shape index (κ3) is 2.71. The molecular formula is C15H13ClO2. The van der Waals surface area contributed by atoms with Crippen molar-refractivity contribution in [1.29, 1.82) is 0 Å². The molecule has 2 aromatic rings. The van der Waals surface area contributed by atoms with Crippen LogP contribution in [0.15, 0.2) is 36.4 Å². The van der Waals surface area contributed by atoms with E-state index in [-0.39, 0.29) is 0 Å². The van der Waals surface area contributed by atoms with Crippen LogP contribution in [0.4, 0.5) is 0 Å². The Morgan fingerprint density at radius 3 is 2.50 bits per heavy atom. The van der Waals surface area contributed by atoms with E-state index in [4.69, 9.17) is 16.3 Å². The van der Waals surface area contributed by atoms with E-state index in [9.17, 15) is 4.79 Å². The van der Waals surface area contributed by atoms with Gasteiger partial charge in [-0.25, -0.2) is 0 Å². The van der Waals surface area contributed by atoms with Crippen molar-refractivity contribution in [2.75, 3.05) is 0 Å². The Labute approximate surface area is 111 Å². The van der Waals surface area contributed by atoms with Gasteiger partial charge >= 0.3 is 0 Å². The summed E-state index contributed by atoms with van der Waals surface area (Å²) in [5.74, 6) is 1.23. The zero-order chi connectivity index (χ0) is 13.1. The van der Waals surface area contributed by atoms with E-state index in [1.54, 1.807) is 12.1 Å². The third-order valence-corrected chi connectivity index (χ3v) is 2.95. The first-order valence-corrected chi connectivity index (χ1v) is 5.98. The fourth-order valence-corrected chi connectivity index (χ4v) is 1.88. The first-order valence-electron chi connectivity index (χ1n) is 5.60. The lowest BCUT2D eigenvalue weighted by molar-refractivity contribution is 0.112. The number of hydrogen-bond donors (Lipinski definition) is 0. The summed E-state index contributed by atoms with van der Waals surface area (Å²) in [7, 11) is 0. The average Bonchev–Trinajstić information content (AvgIpc) is 2.35. The van der Waals surface area contributed by atoms with Gasteiger partial charge in [-0.05, 0) is 43.2 Å². The Balaban J connectivity index is 2.36. The molecule has 0 heterocycles. The van der Waals surface area contributed by atoms with Crippen molar-refractivity contribution in [2.45, 2.75) is 13.8 Å². The molecule has 0 aromatic heterocycles. The minimum Gasteiger partial charge on any atom is -0.456 e. The highest BCUT2D eigenvalue weighted by atomic mass is 35.5. The molecule has 0 aliphatic heterocycles. The average molecular weight is 261 g/mol. The number of benzene rings is 2. The zero-order valence-corrected chi connectivity index (χ0v) is 11.0. The van der Waals surface area contributed by atoms with E-state index < -0.39 is 0 Å². The van der Waals surface area contributed by atoms with E-state index in [2.05, 4.69) is 0 Å². The van der Waals surface area contributed by atoms with Gasteiger partial charge in [-0.3, -0.25) is 4.79 Å². The molecule has 0 spiro atoms. The summed E-state index contributed by atoms with van der Waals surface area (Å²) in [5, 5.41) is 0.561. The van der Waals surface area contributed by atoms with Gasteiger partial charge in [0, 0.05) is 5.56 Å². The smallest absolute Gasteiger partial charge is 0.150 e. The predicted molar refractivity (Wildman–Crippen MR) is 72.8 cm³/mol. The largest absolute Gasteiger partial charge is 0.456 e. The fraction of sp³-hybridized carbons (Fsp3) is 0.133. The molecule has 92 valence electrons. The summed E-state index contributed by atoms with van der Waals surface area (Å²) in [6.45, 7) is 3.89. The van der Waals surface area contributed by atoms with E-state index in [0.717, 1.165) is 17.4 Å². The summed E-state index contributed by atoms with van der Waals surface area (Å²) in [5.41, 5.74) is 2.61. The highest BCUT2D eigenvalue weighted by Crippen LogP contribution is 2.31. The molecule has 3 heteroatoms. The van der Waals surface area contributed by atoms with Crippen molar-refractivity contribution < 1.29 is 9.53 Å². The molecule has 0 aliphatic carbocycles. The van der Waals surface area contributed by atoms with Gasteiger partial charge in [-0.15, -0.1) is 0 Å². The van der Waals surface area contributed by atoms with Crippen LogP contribution < -0.4 is 4.74 Å². The lowest BCUT2D eigenvalue weighted by atomic mass is 10.1. The summed E-state index contributed by atoms with van der Waals surface area (Å²) in [6, 6.07) is 10.9. The Bertz CT molecular complexity index is 591. The monoisotopic (exact) mass is 260 g/mol. The molecule has 0 N–H and O–H groups in total. The molecule has 0 unspecified atom stereocenters. The topological polar surface area (TPSA) is 26.3 Å². The standard InChI is InChI=1S/C15H13ClO2/c1-10-3-6-14(13(16)7-10)18-15-8-12(9-17)5-4-11(15)2/h3-9H,1-2H3. The maximum Gasteiger partial charge on any atom is 0.150 e. The molecule has 2 aromatic carbocycles. The van der Waals surface area contributed by atoms with Crippen LogP contribution >= 0.6 is 11.6 Å². The highest BCUT2D eigenvalue weighted by Gasteiger charge is 2.06. The number of carbonyl (C=O) groups is 1. The SMILES string of the molecule is Cc1ccc(Oc2cc(C=O)ccc2C)c(Cl)c1. The number of aldehydes is 1. The van der Waals surface area contributed by atoms with Gasteiger partial charge < -0.3 is 4.74 Å². The summed E-state index contributed by atoms with van der Waals surface area (Å²) >= 11 is 6.11. The van der Waals surface area contributed by atoms with Gasteiger partial charge in [0.1, 0.15) is 17.8 Å². The lowest BCUT2D eigenvalue weighted by Gasteiger charge is -2.11. The van der Waals surface area contributed by atoms with Gasteiger partial charge in [-0.1, -0.05) is 29.8 Å². The van der Waals surface area contributed by atoms with Crippen LogP contribution in [-0.4, -0.2) is 6.29 Å². The molecule has 18 heavy (non-hydrogen) atoms. The van der Waals surface area contributed by atoms with Gasteiger partial charge in [0.15, 0.2) is 0 Å². The van der Waals surface area contributed by atoms with Gasteiger partial charge in [0.25, 0.3) is 0 Å². The minimum absolute atomic E-state index is 0.561. The molecule has 0 saturated carbocycles. The summed E-state index contributed by atoms with van der Waals surface area (Å²) in [4.78, 5) is 10.8. The highest BCUT2D eigenvalue weighted by molar-refractivity contribution is 6.32. The zero-order valence-electron chi connectivity index (χ0n) is 10.2.